The Bertz CT molecular complexity index is 816. The smallest absolute Gasteiger partial charge is 0.408 e. The number of aryl methyl sites for hydroxylation is 1. The first-order valence-corrected chi connectivity index (χ1v) is 11.1. The summed E-state index contributed by atoms with van der Waals surface area (Å²) in [6.45, 7) is 12.2. The van der Waals surface area contributed by atoms with Crippen LogP contribution in [0, 0.1) is 12.8 Å². The van der Waals surface area contributed by atoms with Crippen LogP contribution in [0.15, 0.2) is 24.3 Å². The molecule has 3 N–H and O–H groups in total. The van der Waals surface area contributed by atoms with Crippen molar-refractivity contribution in [2.75, 3.05) is 6.61 Å². The van der Waals surface area contributed by atoms with Crippen LogP contribution >= 0.6 is 0 Å². The quantitative estimate of drug-likeness (QED) is 0.568. The molecule has 1 aromatic carbocycles. The number of ether oxygens (including phenoxy) is 1. The number of nitrogens with zero attached hydrogens (tertiary/aromatic N) is 1. The van der Waals surface area contributed by atoms with Crippen LogP contribution in [0.25, 0.3) is 0 Å². The van der Waals surface area contributed by atoms with Gasteiger partial charge in [-0.3, -0.25) is 9.59 Å². The molecule has 0 spiro atoms. The van der Waals surface area contributed by atoms with Gasteiger partial charge in [-0.05, 0) is 59.4 Å². The Balaban J connectivity index is 2.40. The van der Waals surface area contributed by atoms with E-state index < -0.39 is 36.3 Å². The van der Waals surface area contributed by atoms with Crippen LogP contribution in [-0.2, 0) is 14.3 Å². The molecule has 1 aliphatic rings. The van der Waals surface area contributed by atoms with E-state index >= 15 is 0 Å². The maximum absolute atomic E-state index is 13.6. The van der Waals surface area contributed by atoms with E-state index in [4.69, 9.17) is 4.74 Å². The van der Waals surface area contributed by atoms with Crippen molar-refractivity contribution in [3.63, 3.8) is 0 Å². The van der Waals surface area contributed by atoms with E-state index in [9.17, 15) is 19.5 Å². The van der Waals surface area contributed by atoms with Crippen LogP contribution in [0.1, 0.15) is 65.1 Å². The fraction of sp³-hybridized carbons (Fsp3) is 0.625. The molecule has 32 heavy (non-hydrogen) atoms. The molecular weight excluding hydrogens is 410 g/mol. The Morgan fingerprint density at radius 1 is 1.16 bits per heavy atom. The summed E-state index contributed by atoms with van der Waals surface area (Å²) in [6.07, 6.45) is -0.0552. The predicted molar refractivity (Wildman–Crippen MR) is 122 cm³/mol. The van der Waals surface area contributed by atoms with Gasteiger partial charge in [0.1, 0.15) is 17.7 Å². The molecule has 0 saturated heterocycles. The van der Waals surface area contributed by atoms with Crippen LogP contribution in [-0.4, -0.2) is 58.2 Å². The van der Waals surface area contributed by atoms with Gasteiger partial charge in [0.2, 0.25) is 11.8 Å². The third-order valence-electron chi connectivity index (χ3n) is 5.20. The molecule has 0 heterocycles. The molecule has 1 aliphatic carbocycles. The second-order valence-electron chi connectivity index (χ2n) is 9.88. The van der Waals surface area contributed by atoms with E-state index in [1.54, 1.807) is 20.8 Å². The van der Waals surface area contributed by atoms with Crippen LogP contribution in [0.4, 0.5) is 4.79 Å². The summed E-state index contributed by atoms with van der Waals surface area (Å²) in [7, 11) is 0. The zero-order chi connectivity index (χ0) is 24.2. The molecule has 3 amide bonds. The Hall–Kier alpha value is -2.61. The number of aliphatic hydroxyl groups is 1. The van der Waals surface area contributed by atoms with Gasteiger partial charge >= 0.3 is 6.09 Å². The number of aliphatic hydroxyl groups excluding tert-OH is 1. The minimum Gasteiger partial charge on any atom is -0.444 e. The van der Waals surface area contributed by atoms with Gasteiger partial charge in [-0.15, -0.1) is 0 Å². The normalized spacial score (nSPS) is 19.7. The van der Waals surface area contributed by atoms with Crippen LogP contribution < -0.4 is 10.6 Å². The number of carbonyl (C=O) groups is 3. The van der Waals surface area contributed by atoms with Gasteiger partial charge in [0.25, 0.3) is 0 Å². The van der Waals surface area contributed by atoms with Crippen LogP contribution in [0.3, 0.4) is 0 Å². The van der Waals surface area contributed by atoms with Crippen molar-refractivity contribution >= 4 is 17.9 Å². The standard InChI is InChI=1S/C24H37N3O5/c1-14(2)25-21(29)20(17-10-8-15(3)9-11-17)27(19-12-16(19)4)22(30)18(13-28)26-23(31)32-24(5,6)7/h8-11,14,16,18-20,28H,12-13H2,1-7H3,(H,25,29)(H,26,31). The Morgan fingerprint density at radius 2 is 1.72 bits per heavy atom. The summed E-state index contributed by atoms with van der Waals surface area (Å²) in [5.41, 5.74) is 0.962. The maximum atomic E-state index is 13.6. The van der Waals surface area contributed by atoms with E-state index in [1.807, 2.05) is 52.0 Å². The number of hydrogen-bond acceptors (Lipinski definition) is 5. The molecule has 4 unspecified atom stereocenters. The lowest BCUT2D eigenvalue weighted by Gasteiger charge is -2.35. The van der Waals surface area contributed by atoms with E-state index in [0.717, 1.165) is 12.0 Å². The SMILES string of the molecule is Cc1ccc(C(C(=O)NC(C)C)N(C(=O)C(CO)NC(=O)OC(C)(C)C)C2CC2C)cc1. The lowest BCUT2D eigenvalue weighted by atomic mass is 10.0. The fourth-order valence-electron chi connectivity index (χ4n) is 3.54. The monoisotopic (exact) mass is 447 g/mol. The molecule has 4 atom stereocenters. The molecule has 1 fully saturated rings. The van der Waals surface area contributed by atoms with Crippen molar-refractivity contribution in [1.82, 2.24) is 15.5 Å². The molecule has 1 saturated carbocycles. The highest BCUT2D eigenvalue weighted by molar-refractivity contribution is 5.92. The third-order valence-corrected chi connectivity index (χ3v) is 5.20. The van der Waals surface area contributed by atoms with Crippen molar-refractivity contribution < 1.29 is 24.2 Å². The summed E-state index contributed by atoms with van der Waals surface area (Å²) in [6, 6.07) is 5.08. The van der Waals surface area contributed by atoms with E-state index in [-0.39, 0.29) is 23.9 Å². The summed E-state index contributed by atoms with van der Waals surface area (Å²) >= 11 is 0. The molecule has 2 rings (SSSR count). The second-order valence-corrected chi connectivity index (χ2v) is 9.88. The minimum atomic E-state index is -1.22. The lowest BCUT2D eigenvalue weighted by Crippen LogP contribution is -2.55. The highest BCUT2D eigenvalue weighted by atomic mass is 16.6. The van der Waals surface area contributed by atoms with E-state index in [0.29, 0.717) is 5.56 Å². The molecule has 8 heteroatoms. The Morgan fingerprint density at radius 3 is 2.16 bits per heavy atom. The van der Waals surface area contributed by atoms with Gasteiger partial charge < -0.3 is 25.4 Å². The molecule has 0 bridgehead atoms. The fourth-order valence-corrected chi connectivity index (χ4v) is 3.54. The van der Waals surface area contributed by atoms with Gasteiger partial charge in [-0.1, -0.05) is 36.8 Å². The van der Waals surface area contributed by atoms with Crippen molar-refractivity contribution in [3.05, 3.63) is 35.4 Å². The first-order valence-electron chi connectivity index (χ1n) is 11.1. The number of amides is 3. The van der Waals surface area contributed by atoms with Crippen LogP contribution in [0.2, 0.25) is 0 Å². The number of carbonyl (C=O) groups excluding carboxylic acids is 3. The van der Waals surface area contributed by atoms with Crippen molar-refractivity contribution in [1.29, 1.82) is 0 Å². The number of benzene rings is 1. The highest BCUT2D eigenvalue weighted by Crippen LogP contribution is 2.40. The van der Waals surface area contributed by atoms with Crippen molar-refractivity contribution in [2.24, 2.45) is 5.92 Å². The molecule has 178 valence electrons. The first-order chi connectivity index (χ1) is 14.8. The summed E-state index contributed by atoms with van der Waals surface area (Å²) in [5, 5.41) is 15.3. The predicted octanol–water partition coefficient (Wildman–Crippen LogP) is 2.68. The van der Waals surface area contributed by atoms with Gasteiger partial charge in [0.05, 0.1) is 6.61 Å². The van der Waals surface area contributed by atoms with Gasteiger partial charge in [0.15, 0.2) is 0 Å². The van der Waals surface area contributed by atoms with E-state index in [2.05, 4.69) is 10.6 Å². The van der Waals surface area contributed by atoms with Gasteiger partial charge in [-0.2, -0.15) is 0 Å². The molecule has 0 aromatic heterocycles. The van der Waals surface area contributed by atoms with Gasteiger partial charge in [-0.25, -0.2) is 4.79 Å². The lowest BCUT2D eigenvalue weighted by molar-refractivity contribution is -0.144. The number of hydrogen-bond donors (Lipinski definition) is 3. The first kappa shape index (κ1) is 25.6. The average Bonchev–Trinajstić information content (AvgIpc) is 3.38. The largest absolute Gasteiger partial charge is 0.444 e. The molecule has 8 nitrogen and oxygen atoms in total. The molecule has 1 aromatic rings. The van der Waals surface area contributed by atoms with E-state index in [1.165, 1.54) is 4.90 Å². The zero-order valence-corrected chi connectivity index (χ0v) is 20.1. The number of nitrogens with one attached hydrogen (secondary N) is 2. The minimum absolute atomic E-state index is 0.113. The van der Waals surface area contributed by atoms with Crippen molar-refractivity contribution in [2.45, 2.75) is 84.7 Å². The molecule has 0 radical (unpaired) electrons. The number of rotatable bonds is 8. The Labute approximate surface area is 190 Å². The average molecular weight is 448 g/mol. The van der Waals surface area contributed by atoms with Crippen molar-refractivity contribution in [3.8, 4) is 0 Å². The Kier molecular flexibility index (Phi) is 8.29. The number of alkyl carbamates (subject to hydrolysis) is 1. The maximum Gasteiger partial charge on any atom is 0.408 e. The summed E-state index contributed by atoms with van der Waals surface area (Å²) < 4.78 is 5.24. The van der Waals surface area contributed by atoms with Gasteiger partial charge in [0, 0.05) is 12.1 Å². The van der Waals surface area contributed by atoms with Crippen LogP contribution in [0.5, 0.6) is 0 Å². The zero-order valence-electron chi connectivity index (χ0n) is 20.1. The third kappa shape index (κ3) is 6.95. The molecular formula is C24H37N3O5. The second kappa shape index (κ2) is 10.3. The highest BCUT2D eigenvalue weighted by Gasteiger charge is 2.48. The summed E-state index contributed by atoms with van der Waals surface area (Å²) in [4.78, 5) is 40.6. The molecule has 0 aliphatic heterocycles. The summed E-state index contributed by atoms with van der Waals surface area (Å²) in [5.74, 6) is -0.609. The topological polar surface area (TPSA) is 108 Å².